The highest BCUT2D eigenvalue weighted by Gasteiger charge is 2.59. The van der Waals surface area contributed by atoms with Crippen LogP contribution in [0.5, 0.6) is 0 Å². The van der Waals surface area contributed by atoms with Crippen LogP contribution < -0.4 is 15.1 Å². The first-order valence-electron chi connectivity index (χ1n) is 9.89. The Morgan fingerprint density at radius 2 is 1.78 bits per heavy atom. The number of benzene rings is 2. The Hall–Kier alpha value is -3.01. The highest BCUT2D eigenvalue weighted by molar-refractivity contribution is 7.81. The molecule has 2 fully saturated rings. The maximum absolute atomic E-state index is 14.6. The number of hydrogen-bond acceptors (Lipinski definition) is 3. The monoisotopic (exact) mass is 465 g/mol. The SMILES string of the molecule is CNC(=O)c1ccc(N2C(=S)N(c3ccc(C)c(C(F)(F)F)c3)C(=O)C23CCC3)cc1F. The lowest BCUT2D eigenvalue weighted by molar-refractivity contribution is -0.138. The van der Waals surface area contributed by atoms with Gasteiger partial charge in [-0.2, -0.15) is 13.2 Å². The van der Waals surface area contributed by atoms with Crippen LogP contribution in [0.15, 0.2) is 36.4 Å². The van der Waals surface area contributed by atoms with Gasteiger partial charge in [0, 0.05) is 12.7 Å². The van der Waals surface area contributed by atoms with Crippen molar-refractivity contribution in [2.24, 2.45) is 0 Å². The van der Waals surface area contributed by atoms with Crippen molar-refractivity contribution in [3.05, 3.63) is 58.9 Å². The number of anilines is 2. The molecule has 4 rings (SSSR count). The van der Waals surface area contributed by atoms with Crippen molar-refractivity contribution in [3.63, 3.8) is 0 Å². The number of nitrogens with zero attached hydrogens (tertiary/aromatic N) is 2. The second-order valence-electron chi connectivity index (χ2n) is 7.88. The highest BCUT2D eigenvalue weighted by Crippen LogP contribution is 2.48. The van der Waals surface area contributed by atoms with Crippen LogP contribution in [0.4, 0.5) is 28.9 Å². The molecule has 1 spiro atoms. The molecule has 2 aromatic carbocycles. The van der Waals surface area contributed by atoms with Crippen molar-refractivity contribution in [3.8, 4) is 0 Å². The van der Waals surface area contributed by atoms with Crippen molar-refractivity contribution in [2.75, 3.05) is 16.8 Å². The van der Waals surface area contributed by atoms with E-state index in [1.165, 1.54) is 43.1 Å². The second-order valence-corrected chi connectivity index (χ2v) is 8.25. The van der Waals surface area contributed by atoms with Gasteiger partial charge >= 0.3 is 6.18 Å². The summed E-state index contributed by atoms with van der Waals surface area (Å²) in [5, 5.41) is 2.31. The molecule has 1 N–H and O–H groups in total. The van der Waals surface area contributed by atoms with Crippen LogP contribution in [0.2, 0.25) is 0 Å². The molecule has 1 saturated heterocycles. The number of amides is 2. The highest BCUT2D eigenvalue weighted by atomic mass is 32.1. The van der Waals surface area contributed by atoms with E-state index in [2.05, 4.69) is 5.32 Å². The minimum atomic E-state index is -4.59. The van der Waals surface area contributed by atoms with Gasteiger partial charge in [0.25, 0.3) is 11.8 Å². The van der Waals surface area contributed by atoms with E-state index in [1.54, 1.807) is 0 Å². The van der Waals surface area contributed by atoms with Crippen LogP contribution >= 0.6 is 12.2 Å². The summed E-state index contributed by atoms with van der Waals surface area (Å²) < 4.78 is 54.9. The molecule has 0 aromatic heterocycles. The summed E-state index contributed by atoms with van der Waals surface area (Å²) in [6.45, 7) is 1.34. The van der Waals surface area contributed by atoms with Gasteiger partial charge in [0.05, 0.1) is 16.8 Å². The van der Waals surface area contributed by atoms with Gasteiger partial charge in [0.1, 0.15) is 11.4 Å². The Morgan fingerprint density at radius 1 is 1.12 bits per heavy atom. The number of hydrogen-bond donors (Lipinski definition) is 1. The lowest BCUT2D eigenvalue weighted by atomic mass is 9.75. The van der Waals surface area contributed by atoms with Gasteiger partial charge in [-0.3, -0.25) is 14.5 Å². The number of halogens is 4. The molecule has 0 radical (unpaired) electrons. The molecule has 5 nitrogen and oxygen atoms in total. The van der Waals surface area contributed by atoms with Gasteiger partial charge in [-0.05, 0) is 74.3 Å². The smallest absolute Gasteiger partial charge is 0.355 e. The predicted octanol–water partition coefficient (Wildman–Crippen LogP) is 4.57. The second kappa shape index (κ2) is 7.54. The zero-order valence-corrected chi connectivity index (χ0v) is 18.0. The number of thiocarbonyl (C=S) groups is 1. The number of aryl methyl sites for hydroxylation is 1. The fourth-order valence-electron chi connectivity index (χ4n) is 4.22. The third-order valence-corrected chi connectivity index (χ3v) is 6.42. The molecule has 2 amide bonds. The minimum absolute atomic E-state index is 0.00847. The van der Waals surface area contributed by atoms with Crippen LogP contribution in [0.1, 0.15) is 40.7 Å². The van der Waals surface area contributed by atoms with Crippen LogP contribution in [0, 0.1) is 12.7 Å². The Labute approximate surface area is 187 Å². The van der Waals surface area contributed by atoms with Crippen LogP contribution in [-0.2, 0) is 11.0 Å². The van der Waals surface area contributed by atoms with E-state index >= 15 is 0 Å². The minimum Gasteiger partial charge on any atom is -0.355 e. The zero-order valence-electron chi connectivity index (χ0n) is 17.2. The maximum atomic E-state index is 14.6. The third kappa shape index (κ3) is 3.24. The first-order chi connectivity index (χ1) is 15.0. The molecular formula is C22H19F4N3O2S. The van der Waals surface area contributed by atoms with Crippen LogP contribution in [0.3, 0.4) is 0 Å². The van der Waals surface area contributed by atoms with Crippen molar-refractivity contribution in [2.45, 2.75) is 37.9 Å². The number of carbonyl (C=O) groups excluding carboxylic acids is 2. The molecule has 1 aliphatic heterocycles. The van der Waals surface area contributed by atoms with E-state index in [0.29, 0.717) is 12.8 Å². The summed E-state index contributed by atoms with van der Waals surface area (Å²) in [5.74, 6) is -1.84. The first kappa shape index (κ1) is 22.2. The molecule has 0 bridgehead atoms. The predicted molar refractivity (Wildman–Crippen MR) is 115 cm³/mol. The fraction of sp³-hybridized carbons (Fsp3) is 0.318. The Balaban J connectivity index is 1.79. The van der Waals surface area contributed by atoms with E-state index in [9.17, 15) is 27.2 Å². The molecular weight excluding hydrogens is 446 g/mol. The molecule has 0 unspecified atom stereocenters. The van der Waals surface area contributed by atoms with Gasteiger partial charge in [0.2, 0.25) is 0 Å². The average Bonchev–Trinajstić information content (AvgIpc) is 2.94. The summed E-state index contributed by atoms with van der Waals surface area (Å²) in [4.78, 5) is 27.8. The quantitative estimate of drug-likeness (QED) is 0.533. The molecule has 1 aliphatic carbocycles. The molecule has 2 aromatic rings. The van der Waals surface area contributed by atoms with Crippen molar-refractivity contribution in [1.82, 2.24) is 5.32 Å². The van der Waals surface area contributed by atoms with Gasteiger partial charge in [0.15, 0.2) is 5.11 Å². The fourth-order valence-corrected chi connectivity index (χ4v) is 4.69. The molecule has 2 aliphatic rings. The zero-order chi connectivity index (χ0) is 23.4. The van der Waals surface area contributed by atoms with E-state index in [4.69, 9.17) is 12.2 Å². The summed E-state index contributed by atoms with van der Waals surface area (Å²) in [6, 6.07) is 7.50. The Bertz CT molecular complexity index is 1140. The topological polar surface area (TPSA) is 52.7 Å². The lowest BCUT2D eigenvalue weighted by Gasteiger charge is -2.43. The molecule has 0 atom stereocenters. The number of alkyl halides is 3. The molecule has 168 valence electrons. The molecule has 1 heterocycles. The normalized spacial score (nSPS) is 17.7. The molecule has 32 heavy (non-hydrogen) atoms. The van der Waals surface area contributed by atoms with E-state index in [1.807, 2.05) is 0 Å². The number of nitrogens with one attached hydrogen (secondary N) is 1. The van der Waals surface area contributed by atoms with Crippen molar-refractivity contribution in [1.29, 1.82) is 0 Å². The van der Waals surface area contributed by atoms with Crippen LogP contribution in [0.25, 0.3) is 0 Å². The third-order valence-electron chi connectivity index (χ3n) is 6.06. The maximum Gasteiger partial charge on any atom is 0.416 e. The van der Waals surface area contributed by atoms with E-state index in [-0.39, 0.29) is 27.6 Å². The lowest BCUT2D eigenvalue weighted by Crippen LogP contribution is -2.55. The van der Waals surface area contributed by atoms with Gasteiger partial charge in [-0.15, -0.1) is 0 Å². The van der Waals surface area contributed by atoms with Crippen molar-refractivity contribution < 1.29 is 27.2 Å². The summed E-state index contributed by atoms with van der Waals surface area (Å²) >= 11 is 5.52. The standard InChI is InChI=1S/C22H19F4N3O2S/c1-12-4-5-13(10-16(12)22(24,25)26)28-19(31)21(8-3-9-21)29(20(28)32)14-6-7-15(17(23)11-14)18(30)27-2/h4-7,10-11H,3,8-9H2,1-2H3,(H,27,30). The Kier molecular flexibility index (Phi) is 5.23. The Morgan fingerprint density at radius 3 is 2.31 bits per heavy atom. The molecule has 1 saturated carbocycles. The van der Waals surface area contributed by atoms with E-state index in [0.717, 1.165) is 23.5 Å². The van der Waals surface area contributed by atoms with E-state index < -0.39 is 34.9 Å². The summed E-state index contributed by atoms with van der Waals surface area (Å²) in [6.07, 6.45) is -3.01. The number of rotatable bonds is 3. The molecule has 10 heteroatoms. The van der Waals surface area contributed by atoms with Crippen molar-refractivity contribution >= 4 is 40.5 Å². The number of carbonyl (C=O) groups is 2. The van der Waals surface area contributed by atoms with Gasteiger partial charge < -0.3 is 10.2 Å². The van der Waals surface area contributed by atoms with Gasteiger partial charge in [-0.25, -0.2) is 4.39 Å². The summed E-state index contributed by atoms with van der Waals surface area (Å²) in [5.41, 5.74) is -1.80. The largest absolute Gasteiger partial charge is 0.416 e. The van der Waals surface area contributed by atoms with Crippen LogP contribution in [-0.4, -0.2) is 29.5 Å². The first-order valence-corrected chi connectivity index (χ1v) is 10.3. The average molecular weight is 465 g/mol. The summed E-state index contributed by atoms with van der Waals surface area (Å²) in [7, 11) is 1.38. The van der Waals surface area contributed by atoms with Gasteiger partial charge in [-0.1, -0.05) is 6.07 Å².